The van der Waals surface area contributed by atoms with Crippen LogP contribution in [0.25, 0.3) is 0 Å². The number of para-hydroxylation sites is 1. The lowest BCUT2D eigenvalue weighted by atomic mass is 10.2. The van der Waals surface area contributed by atoms with Crippen molar-refractivity contribution in [2.45, 2.75) is 0 Å². The van der Waals surface area contributed by atoms with E-state index in [9.17, 15) is 4.79 Å². The Morgan fingerprint density at radius 3 is 2.10 bits per heavy atom. The Morgan fingerprint density at radius 2 is 1.57 bits per heavy atom. The molecule has 0 atom stereocenters. The van der Waals surface area contributed by atoms with E-state index in [1.165, 1.54) is 12.1 Å². The number of nitrogens with one attached hydrogen (secondary N) is 3. The van der Waals surface area contributed by atoms with Crippen LogP contribution in [0.4, 0.5) is 5.69 Å². The van der Waals surface area contributed by atoms with Crippen LogP contribution < -0.4 is 5.32 Å². The molecule has 0 saturated heterocycles. The number of carbonyl (C=O) groups excluding carboxylic acids is 1. The lowest BCUT2D eigenvalue weighted by molar-refractivity contribution is 0.102. The maximum Gasteiger partial charge on any atom is 0.255 e. The smallest absolute Gasteiger partial charge is 0.255 e. The van der Waals surface area contributed by atoms with Crippen LogP contribution in [-0.4, -0.2) is 16.2 Å². The summed E-state index contributed by atoms with van der Waals surface area (Å²) in [4.78, 5) is 11.8. The summed E-state index contributed by atoms with van der Waals surface area (Å²) in [6, 6.07) is 13.6. The van der Waals surface area contributed by atoms with E-state index < -0.39 is 0 Å². The van der Waals surface area contributed by atoms with E-state index in [4.69, 9.17) is 13.6 Å². The zero-order chi connectivity index (χ0) is 17.7. The van der Waals surface area contributed by atoms with Gasteiger partial charge < -0.3 is 5.32 Å². The third-order valence-corrected chi connectivity index (χ3v) is 1.95. The second-order valence-corrected chi connectivity index (χ2v) is 3.65. The highest BCUT2D eigenvalue weighted by Crippen LogP contribution is 2.07. The minimum atomic E-state index is -0.273. The predicted molar refractivity (Wildman–Crippen MR) is 91.5 cm³/mol. The van der Waals surface area contributed by atoms with Gasteiger partial charge in [-0.1, -0.05) is 36.4 Å². The van der Waals surface area contributed by atoms with Crippen LogP contribution in [0, 0.1) is 10.8 Å². The summed E-state index contributed by atoms with van der Waals surface area (Å²) in [5, 5.41) is 17.4. The van der Waals surface area contributed by atoms with Crippen molar-refractivity contribution >= 4 is 46.4 Å². The largest absolute Gasteiger partial charge is 0.322 e. The summed E-state index contributed by atoms with van der Waals surface area (Å²) >= 11 is 7.62. The molecule has 0 spiro atoms. The van der Waals surface area contributed by atoms with E-state index in [0.29, 0.717) is 11.3 Å². The Kier molecular flexibility index (Phi) is 8.90. The van der Waals surface area contributed by atoms with E-state index >= 15 is 0 Å². The number of rotatable bonds is 2. The maximum atomic E-state index is 11.8. The first kappa shape index (κ1) is 14.9. The summed E-state index contributed by atoms with van der Waals surface area (Å²) in [6.07, 6.45) is 0. The zero-order valence-electron chi connectivity index (χ0n) is 12.8. The Bertz CT molecular complexity index is 700. The molecule has 2 aromatic rings. The molecule has 2 aromatic carbocycles. The van der Waals surface area contributed by atoms with Crippen LogP contribution in [0.1, 0.15) is 13.1 Å². The molecular weight excluding hydrogens is 302 g/mol. The number of thiocarbonyl (C=S) groups is 2. The number of hydrogen-bond acceptors (Lipinski definition) is 5. The normalized spacial score (nSPS) is 8.95. The van der Waals surface area contributed by atoms with Gasteiger partial charge in [-0.25, -0.2) is 10.8 Å². The van der Waals surface area contributed by atoms with Crippen molar-refractivity contribution in [3.05, 3.63) is 66.2 Å². The molecule has 1 amide bonds. The highest BCUT2D eigenvalue weighted by Gasteiger charge is 2.03. The first-order valence-electron chi connectivity index (χ1n) is 6.51. The van der Waals surface area contributed by atoms with Gasteiger partial charge in [0.2, 0.25) is 0 Å². The van der Waals surface area contributed by atoms with E-state index in [1.54, 1.807) is 28.5 Å². The van der Waals surface area contributed by atoms with E-state index in [2.05, 4.69) is 29.8 Å². The van der Waals surface area contributed by atoms with Gasteiger partial charge in [-0.05, 0) is 48.7 Å². The average molecular weight is 317 g/mol. The molecule has 0 saturated carbocycles. The molecular formula is C15H13N3OS2. The maximum absolute atomic E-state index is 11.8. The lowest BCUT2D eigenvalue weighted by Gasteiger charge is -2.03. The number of benzene rings is 2. The molecule has 4 nitrogen and oxygen atoms in total. The molecule has 0 aliphatic heterocycles. The summed E-state index contributed by atoms with van der Waals surface area (Å²) in [5.41, 5.74) is 1.09. The Labute approximate surface area is 136 Å². The second-order valence-electron chi connectivity index (χ2n) is 3.25. The van der Waals surface area contributed by atoms with E-state index in [-0.39, 0.29) is 18.0 Å². The zero-order valence-corrected chi connectivity index (χ0v) is 12.5. The third kappa shape index (κ3) is 9.10. The molecule has 21 heavy (non-hydrogen) atoms. The number of hydrogen-bond donors (Lipinski definition) is 3. The second kappa shape index (κ2) is 12.5. The predicted octanol–water partition coefficient (Wildman–Crippen LogP) is 4.27. The van der Waals surface area contributed by atoms with Crippen molar-refractivity contribution in [3.63, 3.8) is 0 Å². The SMILES string of the molecule is N=C=S.N=C=S.[2H]c1ccc(C(=O)Nc2ccccc2)cc1[2H]. The van der Waals surface area contributed by atoms with Gasteiger partial charge in [0.05, 0.1) is 13.1 Å². The van der Waals surface area contributed by atoms with Gasteiger partial charge in [-0.2, -0.15) is 0 Å². The van der Waals surface area contributed by atoms with Gasteiger partial charge >= 0.3 is 0 Å². The van der Waals surface area contributed by atoms with Crippen LogP contribution in [0.15, 0.2) is 60.6 Å². The Balaban J connectivity index is 0.000000704. The summed E-state index contributed by atoms with van der Waals surface area (Å²) in [6.45, 7) is 0. The number of isothiocyanates is 2. The average Bonchev–Trinajstić information content (AvgIpc) is 2.52. The third-order valence-electron chi connectivity index (χ3n) is 1.95. The fourth-order valence-corrected chi connectivity index (χ4v) is 1.21. The van der Waals surface area contributed by atoms with Crippen LogP contribution in [-0.2, 0) is 0 Å². The van der Waals surface area contributed by atoms with Crippen molar-refractivity contribution in [2.75, 3.05) is 5.32 Å². The highest BCUT2D eigenvalue weighted by molar-refractivity contribution is 7.78. The Morgan fingerprint density at radius 1 is 1.00 bits per heavy atom. The number of carbonyl (C=O) groups is 1. The summed E-state index contributed by atoms with van der Waals surface area (Å²) in [7, 11) is 0. The molecule has 6 heteroatoms. The van der Waals surface area contributed by atoms with E-state index in [1.807, 2.05) is 18.2 Å². The van der Waals surface area contributed by atoms with Crippen molar-refractivity contribution in [3.8, 4) is 0 Å². The fourth-order valence-electron chi connectivity index (χ4n) is 1.21. The molecule has 106 valence electrons. The van der Waals surface area contributed by atoms with Gasteiger partial charge in [0.25, 0.3) is 5.91 Å². The van der Waals surface area contributed by atoms with Crippen LogP contribution >= 0.6 is 24.4 Å². The molecule has 0 bridgehead atoms. The lowest BCUT2D eigenvalue weighted by Crippen LogP contribution is -2.11. The monoisotopic (exact) mass is 317 g/mol. The van der Waals surface area contributed by atoms with Crippen LogP contribution in [0.5, 0.6) is 0 Å². The molecule has 0 aliphatic carbocycles. The summed E-state index contributed by atoms with van der Waals surface area (Å²) < 4.78 is 14.8. The fraction of sp³-hybridized carbons (Fsp3) is 0. The van der Waals surface area contributed by atoms with Crippen LogP contribution in [0.3, 0.4) is 0 Å². The van der Waals surface area contributed by atoms with Gasteiger partial charge in [0.1, 0.15) is 0 Å². The highest BCUT2D eigenvalue weighted by atomic mass is 32.1. The Hall–Kier alpha value is -2.49. The van der Waals surface area contributed by atoms with Crippen molar-refractivity contribution in [1.29, 1.82) is 10.8 Å². The van der Waals surface area contributed by atoms with Gasteiger partial charge in [0.15, 0.2) is 0 Å². The number of anilines is 1. The first-order valence-corrected chi connectivity index (χ1v) is 6.33. The van der Waals surface area contributed by atoms with Crippen molar-refractivity contribution in [1.82, 2.24) is 0 Å². The molecule has 3 N–H and O–H groups in total. The molecule has 0 fully saturated rings. The summed E-state index contributed by atoms with van der Waals surface area (Å²) in [5.74, 6) is -0.273. The van der Waals surface area contributed by atoms with Crippen molar-refractivity contribution in [2.24, 2.45) is 0 Å². The molecule has 0 heterocycles. The molecule has 2 rings (SSSR count). The topological polar surface area (TPSA) is 76.8 Å². The molecule has 0 radical (unpaired) electrons. The van der Waals surface area contributed by atoms with Gasteiger partial charge in [-0.3, -0.25) is 4.79 Å². The standard InChI is InChI=1S/C13H11NO.2CHNS/c15-13(11-7-3-1-4-8-11)14-12-9-5-2-6-10-12;2*2-1-3/h1-10H,(H,14,15);2*2H/i1D,3D;;. The molecule has 0 aliphatic rings. The number of amides is 1. The first-order chi connectivity index (χ1) is 11.0. The molecule has 0 aromatic heterocycles. The van der Waals surface area contributed by atoms with Gasteiger partial charge in [-0.15, -0.1) is 0 Å². The van der Waals surface area contributed by atoms with Crippen LogP contribution in [0.2, 0.25) is 0 Å². The van der Waals surface area contributed by atoms with Crippen molar-refractivity contribution < 1.29 is 7.54 Å². The molecule has 0 unspecified atom stereocenters. The van der Waals surface area contributed by atoms with E-state index in [0.717, 1.165) is 0 Å². The van der Waals surface area contributed by atoms with Gasteiger partial charge in [0, 0.05) is 11.3 Å². The minimum absolute atomic E-state index is 0.0470. The minimum Gasteiger partial charge on any atom is -0.322 e. The quantitative estimate of drug-likeness (QED) is 0.571.